The van der Waals surface area contributed by atoms with Gasteiger partial charge in [0.1, 0.15) is 0 Å². The molecule has 1 aliphatic heterocycles. The lowest BCUT2D eigenvalue weighted by molar-refractivity contribution is 0.0608. The van der Waals surface area contributed by atoms with Crippen LogP contribution in [0.1, 0.15) is 10.6 Å². The first-order chi connectivity index (χ1) is 10.1. The normalized spacial score (nSPS) is 15.8. The summed E-state index contributed by atoms with van der Waals surface area (Å²) in [6, 6.07) is 3.32. The van der Waals surface area contributed by atoms with Gasteiger partial charge >= 0.3 is 6.03 Å². The van der Waals surface area contributed by atoms with E-state index in [0.29, 0.717) is 25.4 Å². The van der Waals surface area contributed by atoms with Crippen molar-refractivity contribution in [2.45, 2.75) is 0 Å². The van der Waals surface area contributed by atoms with E-state index >= 15 is 0 Å². The van der Waals surface area contributed by atoms with Crippen molar-refractivity contribution < 1.29 is 14.0 Å². The third-order valence-electron chi connectivity index (χ3n) is 3.50. The molecule has 21 heavy (non-hydrogen) atoms. The Morgan fingerprint density at radius 2 is 2.00 bits per heavy atom. The predicted molar refractivity (Wildman–Crippen MR) is 78.1 cm³/mol. The zero-order valence-electron chi connectivity index (χ0n) is 12.5. The quantitative estimate of drug-likeness (QED) is 0.867. The van der Waals surface area contributed by atoms with Gasteiger partial charge in [-0.2, -0.15) is 0 Å². The monoisotopic (exact) mass is 294 g/mol. The molecule has 1 aromatic heterocycles. The lowest BCUT2D eigenvalue weighted by Crippen LogP contribution is -2.50. The van der Waals surface area contributed by atoms with Crippen molar-refractivity contribution in [1.29, 1.82) is 0 Å². The van der Waals surface area contributed by atoms with Crippen LogP contribution in [-0.4, -0.2) is 80.0 Å². The number of nitrogens with one attached hydrogen (secondary N) is 1. The molecule has 0 spiro atoms. The zero-order valence-corrected chi connectivity index (χ0v) is 12.5. The Morgan fingerprint density at radius 1 is 1.29 bits per heavy atom. The number of urea groups is 1. The molecule has 0 aliphatic carbocycles. The van der Waals surface area contributed by atoms with Crippen LogP contribution in [-0.2, 0) is 0 Å². The summed E-state index contributed by atoms with van der Waals surface area (Å²) in [6.45, 7) is 4.39. The number of hydrogen-bond donors (Lipinski definition) is 1. The van der Waals surface area contributed by atoms with Crippen LogP contribution in [0.3, 0.4) is 0 Å². The fourth-order valence-electron chi connectivity index (χ4n) is 2.21. The van der Waals surface area contributed by atoms with Crippen molar-refractivity contribution in [3.8, 4) is 0 Å². The van der Waals surface area contributed by atoms with Crippen molar-refractivity contribution in [2.75, 3.05) is 53.4 Å². The van der Waals surface area contributed by atoms with E-state index in [2.05, 4.69) is 10.2 Å². The van der Waals surface area contributed by atoms with Gasteiger partial charge in [-0.05, 0) is 12.1 Å². The zero-order chi connectivity index (χ0) is 15.2. The minimum Gasteiger partial charge on any atom is -0.459 e. The molecule has 3 amide bonds. The molecule has 7 heteroatoms. The average Bonchev–Trinajstić information content (AvgIpc) is 3.01. The van der Waals surface area contributed by atoms with E-state index in [-0.39, 0.29) is 11.9 Å². The highest BCUT2D eigenvalue weighted by Gasteiger charge is 2.23. The molecule has 0 unspecified atom stereocenters. The van der Waals surface area contributed by atoms with E-state index in [1.807, 2.05) is 0 Å². The first-order valence-electron chi connectivity index (χ1n) is 7.08. The molecule has 2 heterocycles. The summed E-state index contributed by atoms with van der Waals surface area (Å²) in [4.78, 5) is 29.0. The maximum absolute atomic E-state index is 12.1. The van der Waals surface area contributed by atoms with Gasteiger partial charge in [-0.25, -0.2) is 4.79 Å². The molecule has 0 radical (unpaired) electrons. The fraction of sp³-hybridized carbons (Fsp3) is 0.571. The van der Waals surface area contributed by atoms with Gasteiger partial charge in [-0.3, -0.25) is 9.69 Å². The van der Waals surface area contributed by atoms with Crippen molar-refractivity contribution in [3.05, 3.63) is 24.2 Å². The Morgan fingerprint density at radius 3 is 2.57 bits per heavy atom. The third kappa shape index (κ3) is 4.22. The smallest absolute Gasteiger partial charge is 0.316 e. The molecule has 0 atom stereocenters. The Bertz CT molecular complexity index is 465. The molecule has 1 fully saturated rings. The molecular formula is C14H22N4O3. The first-order valence-corrected chi connectivity index (χ1v) is 7.08. The van der Waals surface area contributed by atoms with Crippen LogP contribution in [0.25, 0.3) is 0 Å². The first kappa shape index (κ1) is 15.4. The lowest BCUT2D eigenvalue weighted by Gasteiger charge is -2.34. The highest BCUT2D eigenvalue weighted by molar-refractivity contribution is 5.91. The second-order valence-corrected chi connectivity index (χ2v) is 5.24. The molecule has 1 N–H and O–H groups in total. The minimum atomic E-state index is -0.0818. The Hall–Kier alpha value is -2.02. The van der Waals surface area contributed by atoms with E-state index in [1.54, 1.807) is 31.1 Å². The molecule has 116 valence electrons. The summed E-state index contributed by atoms with van der Waals surface area (Å²) in [5.74, 6) is 0.335. The van der Waals surface area contributed by atoms with Gasteiger partial charge in [0.15, 0.2) is 5.76 Å². The standard InChI is InChI=1S/C14H22N4O3/c1-16(2)14(20)15-5-6-17-7-9-18(10-8-17)13(19)12-4-3-11-21-12/h3-4,11H,5-10H2,1-2H3,(H,15,20). The predicted octanol–water partition coefficient (Wildman–Crippen LogP) is 0.309. The lowest BCUT2D eigenvalue weighted by atomic mass is 10.3. The number of carbonyl (C=O) groups is 2. The average molecular weight is 294 g/mol. The molecule has 1 aromatic rings. The van der Waals surface area contributed by atoms with Crippen molar-refractivity contribution in [1.82, 2.24) is 20.0 Å². The topological polar surface area (TPSA) is 69.0 Å². The highest BCUT2D eigenvalue weighted by Crippen LogP contribution is 2.08. The number of hydrogen-bond acceptors (Lipinski definition) is 4. The van der Waals surface area contributed by atoms with E-state index in [0.717, 1.165) is 19.6 Å². The van der Waals surface area contributed by atoms with Gasteiger partial charge in [-0.15, -0.1) is 0 Å². The second-order valence-electron chi connectivity index (χ2n) is 5.24. The van der Waals surface area contributed by atoms with Crippen LogP contribution >= 0.6 is 0 Å². The molecule has 1 saturated heterocycles. The molecule has 0 bridgehead atoms. The fourth-order valence-corrected chi connectivity index (χ4v) is 2.21. The van der Waals surface area contributed by atoms with Crippen LogP contribution in [0.15, 0.2) is 22.8 Å². The Labute approximate surface area is 124 Å². The van der Waals surface area contributed by atoms with E-state index in [1.165, 1.54) is 11.2 Å². The van der Waals surface area contributed by atoms with E-state index in [9.17, 15) is 9.59 Å². The minimum absolute atomic E-state index is 0.0550. The largest absolute Gasteiger partial charge is 0.459 e. The van der Waals surface area contributed by atoms with Crippen molar-refractivity contribution >= 4 is 11.9 Å². The maximum Gasteiger partial charge on any atom is 0.316 e. The van der Waals surface area contributed by atoms with Crippen molar-refractivity contribution in [2.24, 2.45) is 0 Å². The second kappa shape index (κ2) is 7.12. The maximum atomic E-state index is 12.1. The number of nitrogens with zero attached hydrogens (tertiary/aromatic N) is 3. The molecule has 0 saturated carbocycles. The molecule has 1 aliphatic rings. The van der Waals surface area contributed by atoms with Crippen LogP contribution in [0, 0.1) is 0 Å². The van der Waals surface area contributed by atoms with Gasteiger partial charge in [-0.1, -0.05) is 0 Å². The van der Waals surface area contributed by atoms with Crippen molar-refractivity contribution in [3.63, 3.8) is 0 Å². The molecular weight excluding hydrogens is 272 g/mol. The number of rotatable bonds is 4. The van der Waals surface area contributed by atoms with Gasteiger partial charge in [0, 0.05) is 53.4 Å². The summed E-state index contributed by atoms with van der Waals surface area (Å²) in [5.41, 5.74) is 0. The summed E-state index contributed by atoms with van der Waals surface area (Å²) < 4.78 is 5.13. The molecule has 0 aromatic carbocycles. The Kier molecular flexibility index (Phi) is 5.21. The number of carbonyl (C=O) groups excluding carboxylic acids is 2. The number of amides is 3. The number of furan rings is 1. The number of piperazine rings is 1. The summed E-state index contributed by atoms with van der Waals surface area (Å²) in [5, 5.41) is 2.84. The summed E-state index contributed by atoms with van der Waals surface area (Å²) >= 11 is 0. The molecule has 2 rings (SSSR count). The van der Waals surface area contributed by atoms with Gasteiger partial charge in [0.05, 0.1) is 6.26 Å². The van der Waals surface area contributed by atoms with Gasteiger partial charge in [0.2, 0.25) is 0 Å². The highest BCUT2D eigenvalue weighted by atomic mass is 16.3. The van der Waals surface area contributed by atoms with Gasteiger partial charge < -0.3 is 19.5 Å². The van der Waals surface area contributed by atoms with Crippen LogP contribution in [0.2, 0.25) is 0 Å². The SMILES string of the molecule is CN(C)C(=O)NCCN1CCN(C(=O)c2ccco2)CC1. The van der Waals surface area contributed by atoms with Crippen LogP contribution in [0.5, 0.6) is 0 Å². The van der Waals surface area contributed by atoms with E-state index < -0.39 is 0 Å². The van der Waals surface area contributed by atoms with E-state index in [4.69, 9.17) is 4.42 Å². The summed E-state index contributed by atoms with van der Waals surface area (Å²) in [7, 11) is 3.43. The van der Waals surface area contributed by atoms with Gasteiger partial charge in [0.25, 0.3) is 5.91 Å². The van der Waals surface area contributed by atoms with Crippen LogP contribution < -0.4 is 5.32 Å². The molecule has 7 nitrogen and oxygen atoms in total. The third-order valence-corrected chi connectivity index (χ3v) is 3.50. The summed E-state index contributed by atoms with van der Waals surface area (Å²) in [6.07, 6.45) is 1.51. The Balaban J connectivity index is 1.69. The van der Waals surface area contributed by atoms with Crippen LogP contribution in [0.4, 0.5) is 4.79 Å².